The molecule has 0 unspecified atom stereocenters. The van der Waals surface area contributed by atoms with Gasteiger partial charge in [0.15, 0.2) is 5.75 Å². The molecule has 0 atom stereocenters. The first-order valence-corrected chi connectivity index (χ1v) is 5.46. The Hall–Kier alpha value is -2.50. The molecule has 0 saturated heterocycles. The zero-order chi connectivity index (χ0) is 14.4. The molecule has 1 aromatic rings. The van der Waals surface area contributed by atoms with Crippen molar-refractivity contribution >= 4 is 17.7 Å². The van der Waals surface area contributed by atoms with Crippen LogP contribution in [0.15, 0.2) is 24.8 Å². The third kappa shape index (κ3) is 3.48. The zero-order valence-corrected chi connectivity index (χ0v) is 10.7. The van der Waals surface area contributed by atoms with Crippen LogP contribution in [0.2, 0.25) is 0 Å². The highest BCUT2D eigenvalue weighted by Gasteiger charge is 2.18. The number of aryl methyl sites for hydroxylation is 1. The number of methoxy groups -OCH3 is 1. The van der Waals surface area contributed by atoms with E-state index in [9.17, 15) is 9.59 Å². The average molecular weight is 265 g/mol. The van der Waals surface area contributed by atoms with Crippen LogP contribution in [0, 0.1) is 6.92 Å². The number of benzene rings is 1. The molecule has 1 aromatic carbocycles. The second-order valence-corrected chi connectivity index (χ2v) is 3.66. The van der Waals surface area contributed by atoms with Crippen LogP contribution in [0.5, 0.6) is 5.75 Å². The third-order valence-electron chi connectivity index (χ3n) is 2.36. The van der Waals surface area contributed by atoms with Gasteiger partial charge in [0, 0.05) is 0 Å². The Kier molecular flexibility index (Phi) is 4.93. The van der Waals surface area contributed by atoms with Gasteiger partial charge in [0.25, 0.3) is 0 Å². The summed E-state index contributed by atoms with van der Waals surface area (Å²) in [6.07, 6.45) is 0.723. The first-order chi connectivity index (χ1) is 9.01. The van der Waals surface area contributed by atoms with Gasteiger partial charge in [0.2, 0.25) is 0 Å². The summed E-state index contributed by atoms with van der Waals surface area (Å²) < 4.78 is 9.83. The van der Waals surface area contributed by atoms with E-state index in [0.29, 0.717) is 5.56 Å². The lowest BCUT2D eigenvalue weighted by molar-refractivity contribution is 0.0693. The lowest BCUT2D eigenvalue weighted by atomic mass is 10.1. The van der Waals surface area contributed by atoms with Crippen molar-refractivity contribution in [3.8, 4) is 5.75 Å². The molecule has 0 aliphatic rings. The molecule has 6 heteroatoms. The molecule has 102 valence electrons. The maximum absolute atomic E-state index is 11.5. The number of carboxylic acids is 1. The summed E-state index contributed by atoms with van der Waals surface area (Å²) in [5.41, 5.74) is 0.904. The predicted octanol–water partition coefficient (Wildman–Crippen LogP) is 2.44. The van der Waals surface area contributed by atoms with Gasteiger partial charge in [-0.2, -0.15) is 0 Å². The first kappa shape index (κ1) is 14.6. The number of nitrogens with one attached hydrogen (secondary N) is 1. The smallest absolute Gasteiger partial charge is 0.412 e. The molecule has 0 saturated carbocycles. The van der Waals surface area contributed by atoms with E-state index < -0.39 is 12.1 Å². The molecule has 0 bridgehead atoms. The quantitative estimate of drug-likeness (QED) is 0.799. The number of anilines is 1. The van der Waals surface area contributed by atoms with E-state index in [2.05, 4.69) is 11.9 Å². The minimum atomic E-state index is -1.14. The van der Waals surface area contributed by atoms with Crippen LogP contribution in [0.1, 0.15) is 15.9 Å². The molecule has 2 N–H and O–H groups in total. The highest BCUT2D eigenvalue weighted by Crippen LogP contribution is 2.32. The van der Waals surface area contributed by atoms with Gasteiger partial charge in [0.05, 0.1) is 12.8 Å². The van der Waals surface area contributed by atoms with E-state index in [1.54, 1.807) is 13.0 Å². The lowest BCUT2D eigenvalue weighted by Gasteiger charge is -2.14. The van der Waals surface area contributed by atoms with Gasteiger partial charge >= 0.3 is 12.1 Å². The highest BCUT2D eigenvalue weighted by atomic mass is 16.5. The maximum atomic E-state index is 11.5. The van der Waals surface area contributed by atoms with Crippen molar-refractivity contribution in [3.63, 3.8) is 0 Å². The third-order valence-corrected chi connectivity index (χ3v) is 2.36. The van der Waals surface area contributed by atoms with Gasteiger partial charge in [-0.15, -0.1) is 0 Å². The molecule has 0 aliphatic heterocycles. The first-order valence-electron chi connectivity index (χ1n) is 5.46. The van der Waals surface area contributed by atoms with Crippen molar-refractivity contribution in [2.45, 2.75) is 6.92 Å². The van der Waals surface area contributed by atoms with E-state index in [4.69, 9.17) is 14.6 Å². The van der Waals surface area contributed by atoms with Gasteiger partial charge in [-0.05, 0) is 18.6 Å². The van der Waals surface area contributed by atoms with E-state index in [1.807, 2.05) is 0 Å². The SMILES string of the molecule is C=CCOC(=O)Nc1c(C)ccc(C(=O)O)c1OC. The van der Waals surface area contributed by atoms with Crippen molar-refractivity contribution < 1.29 is 24.2 Å². The normalized spacial score (nSPS) is 9.58. The number of carbonyl (C=O) groups is 2. The van der Waals surface area contributed by atoms with Gasteiger partial charge in [-0.3, -0.25) is 5.32 Å². The lowest BCUT2D eigenvalue weighted by Crippen LogP contribution is -2.16. The monoisotopic (exact) mass is 265 g/mol. The predicted molar refractivity (Wildman–Crippen MR) is 69.9 cm³/mol. The van der Waals surface area contributed by atoms with Crippen molar-refractivity contribution in [3.05, 3.63) is 35.9 Å². The Morgan fingerprint density at radius 1 is 1.47 bits per heavy atom. The van der Waals surface area contributed by atoms with Crippen LogP contribution in [0.4, 0.5) is 10.5 Å². The van der Waals surface area contributed by atoms with Crippen molar-refractivity contribution in [1.82, 2.24) is 0 Å². The van der Waals surface area contributed by atoms with Gasteiger partial charge in [-0.1, -0.05) is 18.7 Å². The summed E-state index contributed by atoms with van der Waals surface area (Å²) in [5.74, 6) is -1.05. The molecule has 1 rings (SSSR count). The number of rotatable bonds is 5. The second-order valence-electron chi connectivity index (χ2n) is 3.66. The highest BCUT2D eigenvalue weighted by molar-refractivity contribution is 5.97. The fraction of sp³-hybridized carbons (Fsp3) is 0.231. The fourth-order valence-electron chi connectivity index (χ4n) is 1.49. The van der Waals surface area contributed by atoms with E-state index in [1.165, 1.54) is 19.3 Å². The average Bonchev–Trinajstić information content (AvgIpc) is 2.38. The summed E-state index contributed by atoms with van der Waals surface area (Å²) in [6, 6.07) is 2.99. The molecule has 0 heterocycles. The number of carboxylic acid groups (broad SMARTS) is 1. The number of carbonyl (C=O) groups excluding carboxylic acids is 1. The summed E-state index contributed by atoms with van der Waals surface area (Å²) in [4.78, 5) is 22.6. The summed E-state index contributed by atoms with van der Waals surface area (Å²) in [7, 11) is 1.33. The molecular weight excluding hydrogens is 250 g/mol. The Labute approximate surface area is 110 Å². The van der Waals surface area contributed by atoms with Crippen LogP contribution in [-0.2, 0) is 4.74 Å². The number of hydrogen-bond acceptors (Lipinski definition) is 4. The van der Waals surface area contributed by atoms with Crippen LogP contribution < -0.4 is 10.1 Å². The van der Waals surface area contributed by atoms with Crippen molar-refractivity contribution in [1.29, 1.82) is 0 Å². The van der Waals surface area contributed by atoms with E-state index >= 15 is 0 Å². The summed E-state index contributed by atoms with van der Waals surface area (Å²) >= 11 is 0. The molecule has 0 aromatic heterocycles. The Bertz CT molecular complexity index is 510. The topological polar surface area (TPSA) is 84.9 Å². The van der Waals surface area contributed by atoms with E-state index in [0.717, 1.165) is 0 Å². The Morgan fingerprint density at radius 2 is 2.16 bits per heavy atom. The maximum Gasteiger partial charge on any atom is 0.412 e. The van der Waals surface area contributed by atoms with Gasteiger partial charge in [-0.25, -0.2) is 9.59 Å². The minimum absolute atomic E-state index is 0.0351. The van der Waals surface area contributed by atoms with Crippen LogP contribution in [0.25, 0.3) is 0 Å². The zero-order valence-electron chi connectivity index (χ0n) is 10.7. The molecule has 0 aliphatic carbocycles. The van der Waals surface area contributed by atoms with Gasteiger partial charge < -0.3 is 14.6 Å². The molecule has 1 amide bonds. The molecule has 0 spiro atoms. The number of amides is 1. The molecular formula is C13H15NO5. The van der Waals surface area contributed by atoms with Gasteiger partial charge in [0.1, 0.15) is 12.2 Å². The van der Waals surface area contributed by atoms with Crippen LogP contribution in [0.3, 0.4) is 0 Å². The molecule has 0 radical (unpaired) electrons. The number of aromatic carboxylic acids is 1. The Morgan fingerprint density at radius 3 is 2.68 bits per heavy atom. The minimum Gasteiger partial charge on any atom is -0.494 e. The van der Waals surface area contributed by atoms with Crippen molar-refractivity contribution in [2.24, 2.45) is 0 Å². The fourth-order valence-corrected chi connectivity index (χ4v) is 1.49. The molecule has 0 fully saturated rings. The number of ether oxygens (including phenoxy) is 2. The van der Waals surface area contributed by atoms with Crippen molar-refractivity contribution in [2.75, 3.05) is 19.0 Å². The van der Waals surface area contributed by atoms with E-state index in [-0.39, 0.29) is 23.6 Å². The Balaban J connectivity index is 3.11. The summed E-state index contributed by atoms with van der Waals surface area (Å²) in [6.45, 7) is 5.20. The molecule has 6 nitrogen and oxygen atoms in total. The largest absolute Gasteiger partial charge is 0.494 e. The number of hydrogen-bond donors (Lipinski definition) is 2. The molecule has 19 heavy (non-hydrogen) atoms. The van der Waals surface area contributed by atoms with Crippen LogP contribution in [-0.4, -0.2) is 30.9 Å². The standard InChI is InChI=1S/C13H15NO5/c1-4-7-19-13(17)14-10-8(2)5-6-9(12(15)16)11(10)18-3/h4-6H,1,7H2,2-3H3,(H,14,17)(H,15,16). The van der Waals surface area contributed by atoms with Crippen LogP contribution >= 0.6 is 0 Å². The summed E-state index contributed by atoms with van der Waals surface area (Å²) in [5, 5.41) is 11.5. The second kappa shape index (κ2) is 6.44.